The lowest BCUT2D eigenvalue weighted by Gasteiger charge is -2.08. The number of carbonyl (C=O) groups excluding carboxylic acids is 1. The van der Waals surface area contributed by atoms with E-state index in [9.17, 15) is 4.79 Å². The number of nitrogens with zero attached hydrogens (tertiary/aromatic N) is 1. The third-order valence-corrected chi connectivity index (χ3v) is 2.57. The van der Waals surface area contributed by atoms with Gasteiger partial charge in [0.15, 0.2) is 0 Å². The lowest BCUT2D eigenvalue weighted by atomic mass is 10.0. The van der Waals surface area contributed by atoms with Crippen LogP contribution < -0.4 is 11.5 Å². The van der Waals surface area contributed by atoms with Gasteiger partial charge in [0, 0.05) is 12.4 Å². The molecule has 0 fully saturated rings. The van der Waals surface area contributed by atoms with Gasteiger partial charge in [0.1, 0.15) is 6.04 Å². The highest BCUT2D eigenvalue weighted by atomic mass is 16.1. The largest absolute Gasteiger partial charge is 0.368 e. The van der Waals surface area contributed by atoms with Crippen molar-refractivity contribution < 1.29 is 4.79 Å². The molecule has 2 aromatic rings. The van der Waals surface area contributed by atoms with Gasteiger partial charge in [-0.1, -0.05) is 30.3 Å². The molecule has 0 bridgehead atoms. The molecule has 0 aliphatic heterocycles. The summed E-state index contributed by atoms with van der Waals surface area (Å²) in [5, 5.41) is 0. The van der Waals surface area contributed by atoms with Gasteiger partial charge in [-0.05, 0) is 22.8 Å². The van der Waals surface area contributed by atoms with Crippen LogP contribution in [0.4, 0.5) is 0 Å². The number of amides is 1. The van der Waals surface area contributed by atoms with Crippen molar-refractivity contribution in [3.8, 4) is 11.1 Å². The predicted octanol–water partition coefficient (Wildman–Crippen LogP) is 1.23. The number of pyridine rings is 1. The van der Waals surface area contributed by atoms with Crippen molar-refractivity contribution in [1.82, 2.24) is 4.98 Å². The van der Waals surface area contributed by atoms with Gasteiger partial charge in [0.2, 0.25) is 5.91 Å². The van der Waals surface area contributed by atoms with Crippen molar-refractivity contribution in [3.63, 3.8) is 0 Å². The van der Waals surface area contributed by atoms with Crippen LogP contribution in [0.5, 0.6) is 0 Å². The summed E-state index contributed by atoms with van der Waals surface area (Å²) in [6.07, 6.45) is 3.50. The van der Waals surface area contributed by atoms with Gasteiger partial charge in [-0.2, -0.15) is 0 Å². The standard InChI is InChI=1S/C13H13N3O/c14-12(13(15)17)10-5-3-9(4-6-10)11-2-1-7-16-8-11/h1-8,12H,14H2,(H2,15,17). The van der Waals surface area contributed by atoms with Crippen LogP contribution in [-0.4, -0.2) is 10.9 Å². The van der Waals surface area contributed by atoms with Gasteiger partial charge >= 0.3 is 0 Å². The molecule has 0 spiro atoms. The molecule has 1 amide bonds. The van der Waals surface area contributed by atoms with Crippen LogP contribution >= 0.6 is 0 Å². The number of primary amides is 1. The monoisotopic (exact) mass is 227 g/mol. The van der Waals surface area contributed by atoms with Gasteiger partial charge in [-0.25, -0.2) is 0 Å². The van der Waals surface area contributed by atoms with Crippen LogP contribution in [0.2, 0.25) is 0 Å². The molecule has 0 saturated heterocycles. The van der Waals surface area contributed by atoms with Crippen LogP contribution in [0.15, 0.2) is 48.8 Å². The Kier molecular flexibility index (Phi) is 3.16. The van der Waals surface area contributed by atoms with E-state index >= 15 is 0 Å². The Balaban J connectivity index is 2.28. The molecule has 0 radical (unpaired) electrons. The molecule has 0 aliphatic carbocycles. The summed E-state index contributed by atoms with van der Waals surface area (Å²) in [5.74, 6) is -0.529. The predicted molar refractivity (Wildman–Crippen MR) is 65.8 cm³/mol. The minimum Gasteiger partial charge on any atom is -0.368 e. The number of aromatic nitrogens is 1. The van der Waals surface area contributed by atoms with E-state index in [0.717, 1.165) is 11.1 Å². The topological polar surface area (TPSA) is 82.0 Å². The third kappa shape index (κ3) is 2.49. The first kappa shape index (κ1) is 11.3. The number of benzene rings is 1. The number of nitrogens with two attached hydrogens (primary N) is 2. The Bertz CT molecular complexity index is 508. The Labute approximate surface area is 99.3 Å². The molecule has 4 nitrogen and oxygen atoms in total. The Morgan fingerprint density at radius 2 is 1.82 bits per heavy atom. The van der Waals surface area contributed by atoms with Crippen molar-refractivity contribution in [1.29, 1.82) is 0 Å². The average Bonchev–Trinajstić information content (AvgIpc) is 2.39. The molecule has 1 unspecified atom stereocenters. The van der Waals surface area contributed by atoms with Crippen molar-refractivity contribution in [3.05, 3.63) is 54.4 Å². The molecular weight excluding hydrogens is 214 g/mol. The molecule has 86 valence electrons. The van der Waals surface area contributed by atoms with Gasteiger partial charge in [0.05, 0.1) is 0 Å². The Hall–Kier alpha value is -2.20. The first-order valence-corrected chi connectivity index (χ1v) is 5.24. The second-order valence-electron chi connectivity index (χ2n) is 3.74. The normalized spacial score (nSPS) is 12.1. The summed E-state index contributed by atoms with van der Waals surface area (Å²) in [4.78, 5) is 15.0. The van der Waals surface area contributed by atoms with Gasteiger partial charge in [-0.3, -0.25) is 9.78 Å². The highest BCUT2D eigenvalue weighted by Gasteiger charge is 2.11. The van der Waals surface area contributed by atoms with E-state index in [1.807, 2.05) is 24.3 Å². The zero-order chi connectivity index (χ0) is 12.3. The fourth-order valence-corrected chi connectivity index (χ4v) is 1.58. The minimum atomic E-state index is -0.752. The second kappa shape index (κ2) is 4.76. The maximum Gasteiger partial charge on any atom is 0.238 e. The number of rotatable bonds is 3. The lowest BCUT2D eigenvalue weighted by molar-refractivity contribution is -0.119. The molecule has 1 atom stereocenters. The molecule has 1 heterocycles. The number of hydrogen-bond donors (Lipinski definition) is 2. The molecule has 4 heteroatoms. The molecule has 2 rings (SSSR count). The SMILES string of the molecule is NC(=O)C(N)c1ccc(-c2cccnc2)cc1. The second-order valence-corrected chi connectivity index (χ2v) is 3.74. The maximum absolute atomic E-state index is 10.9. The van der Waals surface area contributed by atoms with Crippen LogP contribution in [-0.2, 0) is 4.79 Å². The van der Waals surface area contributed by atoms with Crippen LogP contribution in [0.25, 0.3) is 11.1 Å². The van der Waals surface area contributed by atoms with Crippen molar-refractivity contribution in [2.45, 2.75) is 6.04 Å². The zero-order valence-corrected chi connectivity index (χ0v) is 9.21. The summed E-state index contributed by atoms with van der Waals surface area (Å²) in [6.45, 7) is 0. The van der Waals surface area contributed by atoms with Gasteiger partial charge in [0.25, 0.3) is 0 Å². The van der Waals surface area contributed by atoms with E-state index < -0.39 is 11.9 Å². The Morgan fingerprint density at radius 1 is 1.12 bits per heavy atom. The summed E-state index contributed by atoms with van der Waals surface area (Å²) < 4.78 is 0. The van der Waals surface area contributed by atoms with Crippen LogP contribution in [0, 0.1) is 0 Å². The fourth-order valence-electron chi connectivity index (χ4n) is 1.58. The van der Waals surface area contributed by atoms with E-state index in [2.05, 4.69) is 4.98 Å². The molecule has 0 saturated carbocycles. The van der Waals surface area contributed by atoms with E-state index in [4.69, 9.17) is 11.5 Å². The quantitative estimate of drug-likeness (QED) is 0.827. The van der Waals surface area contributed by atoms with Gasteiger partial charge < -0.3 is 11.5 Å². The van der Waals surface area contributed by atoms with Crippen molar-refractivity contribution >= 4 is 5.91 Å². The lowest BCUT2D eigenvalue weighted by Crippen LogP contribution is -2.28. The first-order valence-electron chi connectivity index (χ1n) is 5.24. The molecule has 17 heavy (non-hydrogen) atoms. The van der Waals surface area contributed by atoms with Crippen LogP contribution in [0.3, 0.4) is 0 Å². The highest BCUT2D eigenvalue weighted by molar-refractivity contribution is 5.81. The molecule has 4 N–H and O–H groups in total. The molecular formula is C13H13N3O. The highest BCUT2D eigenvalue weighted by Crippen LogP contribution is 2.20. The maximum atomic E-state index is 10.9. The summed E-state index contributed by atoms with van der Waals surface area (Å²) in [6, 6.07) is 10.5. The first-order chi connectivity index (χ1) is 8.18. The van der Waals surface area contributed by atoms with Crippen molar-refractivity contribution in [2.24, 2.45) is 11.5 Å². The third-order valence-electron chi connectivity index (χ3n) is 2.57. The number of hydrogen-bond acceptors (Lipinski definition) is 3. The Morgan fingerprint density at radius 3 is 2.35 bits per heavy atom. The summed E-state index contributed by atoms with van der Waals surface area (Å²) in [7, 11) is 0. The van der Waals surface area contributed by atoms with Crippen LogP contribution in [0.1, 0.15) is 11.6 Å². The average molecular weight is 227 g/mol. The smallest absolute Gasteiger partial charge is 0.238 e. The van der Waals surface area contributed by atoms with E-state index in [1.54, 1.807) is 24.5 Å². The summed E-state index contributed by atoms with van der Waals surface area (Å²) >= 11 is 0. The number of carbonyl (C=O) groups is 1. The molecule has 1 aromatic heterocycles. The minimum absolute atomic E-state index is 0.529. The van der Waals surface area contributed by atoms with Crippen molar-refractivity contribution in [2.75, 3.05) is 0 Å². The van der Waals surface area contributed by atoms with E-state index in [-0.39, 0.29) is 0 Å². The fraction of sp³-hybridized carbons (Fsp3) is 0.0769. The summed E-state index contributed by atoms with van der Waals surface area (Å²) in [5.41, 5.74) is 13.5. The molecule has 1 aromatic carbocycles. The molecule has 0 aliphatic rings. The zero-order valence-electron chi connectivity index (χ0n) is 9.21. The van der Waals surface area contributed by atoms with E-state index in [1.165, 1.54) is 0 Å². The van der Waals surface area contributed by atoms with Gasteiger partial charge in [-0.15, -0.1) is 0 Å². The van der Waals surface area contributed by atoms with E-state index in [0.29, 0.717) is 5.56 Å².